The van der Waals surface area contributed by atoms with Crippen LogP contribution in [0.25, 0.3) is 22.6 Å². The lowest BCUT2D eigenvalue weighted by Crippen LogP contribution is -2.30. The number of amides is 1. The number of carbonyl (C=O) groups excluding carboxylic acids is 1. The summed E-state index contributed by atoms with van der Waals surface area (Å²) in [5.41, 5.74) is 5.56. The van der Waals surface area contributed by atoms with Crippen LogP contribution in [0.15, 0.2) is 84.9 Å². The number of hydrogen-bond donors (Lipinski definition) is 1. The van der Waals surface area contributed by atoms with Crippen molar-refractivity contribution in [1.29, 1.82) is 0 Å². The second-order valence-corrected chi connectivity index (χ2v) is 7.95. The molecule has 0 radical (unpaired) electrons. The predicted octanol–water partition coefficient (Wildman–Crippen LogP) is 6.20. The van der Waals surface area contributed by atoms with E-state index >= 15 is 0 Å². The molecule has 0 aliphatic heterocycles. The second kappa shape index (κ2) is 9.65. The number of aromatic nitrogens is 2. The highest BCUT2D eigenvalue weighted by Crippen LogP contribution is 2.30. The van der Waals surface area contributed by atoms with Crippen molar-refractivity contribution in [2.75, 3.05) is 0 Å². The molecule has 1 amide bonds. The summed E-state index contributed by atoms with van der Waals surface area (Å²) in [7, 11) is 1.91. The summed E-state index contributed by atoms with van der Waals surface area (Å²) in [4.78, 5) is 18.5. The van der Waals surface area contributed by atoms with Crippen LogP contribution in [0.4, 0.5) is 0 Å². The highest BCUT2D eigenvalue weighted by Gasteiger charge is 2.25. The van der Waals surface area contributed by atoms with Gasteiger partial charge in [-0.05, 0) is 24.0 Å². The predicted molar refractivity (Wildman–Crippen MR) is 130 cm³/mol. The highest BCUT2D eigenvalue weighted by molar-refractivity contribution is 5.99. The van der Waals surface area contributed by atoms with Crippen LogP contribution in [0.2, 0.25) is 0 Å². The van der Waals surface area contributed by atoms with Gasteiger partial charge in [0.25, 0.3) is 5.91 Å². The maximum atomic E-state index is 13.6. The van der Waals surface area contributed by atoms with E-state index in [2.05, 4.69) is 55.6 Å². The third-order valence-corrected chi connectivity index (χ3v) is 5.89. The molecule has 0 fully saturated rings. The van der Waals surface area contributed by atoms with Gasteiger partial charge in [0.2, 0.25) is 0 Å². The van der Waals surface area contributed by atoms with Gasteiger partial charge in [-0.3, -0.25) is 4.79 Å². The van der Waals surface area contributed by atoms with Gasteiger partial charge in [0.05, 0.1) is 6.04 Å². The van der Waals surface area contributed by atoms with Gasteiger partial charge in [-0.15, -0.1) is 0 Å². The molecule has 1 atom stereocenters. The standard InChI is InChI=1S/C28H29N3O/c1-4-20-16-18-22(19-17-20)25-26(31(3)27(30-25)23-14-10-7-11-15-23)28(32)29-24(5-2)21-12-8-6-9-13-21/h6-19,24H,4-5H2,1-3H3,(H,29,32). The van der Waals surface area contributed by atoms with Crippen molar-refractivity contribution >= 4 is 5.91 Å². The molecule has 0 aliphatic carbocycles. The van der Waals surface area contributed by atoms with Gasteiger partial charge in [0.15, 0.2) is 0 Å². The fourth-order valence-electron chi connectivity index (χ4n) is 4.04. The Morgan fingerprint density at radius 3 is 2.09 bits per heavy atom. The Labute approximate surface area is 190 Å². The molecule has 4 rings (SSSR count). The van der Waals surface area contributed by atoms with Gasteiger partial charge >= 0.3 is 0 Å². The van der Waals surface area contributed by atoms with Crippen molar-refractivity contribution in [1.82, 2.24) is 14.9 Å². The summed E-state index contributed by atoms with van der Waals surface area (Å²) in [6.07, 6.45) is 1.78. The average Bonchev–Trinajstić information content (AvgIpc) is 3.20. The smallest absolute Gasteiger partial charge is 0.270 e. The van der Waals surface area contributed by atoms with E-state index in [9.17, 15) is 4.79 Å². The number of carbonyl (C=O) groups is 1. The van der Waals surface area contributed by atoms with E-state index in [1.165, 1.54) is 5.56 Å². The summed E-state index contributed by atoms with van der Waals surface area (Å²) < 4.78 is 1.91. The molecule has 0 saturated carbocycles. The Kier molecular flexibility index (Phi) is 6.50. The molecule has 0 spiro atoms. The number of benzene rings is 3. The zero-order valence-electron chi connectivity index (χ0n) is 18.9. The van der Waals surface area contributed by atoms with E-state index in [1.54, 1.807) is 0 Å². The fraction of sp³-hybridized carbons (Fsp3) is 0.214. The van der Waals surface area contributed by atoms with Crippen LogP contribution >= 0.6 is 0 Å². The van der Waals surface area contributed by atoms with Crippen LogP contribution in [-0.2, 0) is 13.5 Å². The molecule has 0 aliphatic rings. The molecule has 0 bridgehead atoms. The van der Waals surface area contributed by atoms with Crippen molar-refractivity contribution in [3.05, 3.63) is 102 Å². The summed E-state index contributed by atoms with van der Waals surface area (Å²) in [6, 6.07) is 28.4. The van der Waals surface area contributed by atoms with E-state index in [0.717, 1.165) is 35.4 Å². The van der Waals surface area contributed by atoms with E-state index in [-0.39, 0.29) is 11.9 Å². The fourth-order valence-corrected chi connectivity index (χ4v) is 4.04. The van der Waals surface area contributed by atoms with Crippen LogP contribution in [0.3, 0.4) is 0 Å². The maximum Gasteiger partial charge on any atom is 0.270 e. The number of nitrogens with one attached hydrogen (secondary N) is 1. The van der Waals surface area contributed by atoms with Crippen LogP contribution < -0.4 is 5.32 Å². The van der Waals surface area contributed by atoms with Crippen LogP contribution in [0.1, 0.15) is 47.9 Å². The Hall–Kier alpha value is -3.66. The first kappa shape index (κ1) is 21.6. The topological polar surface area (TPSA) is 46.9 Å². The Morgan fingerprint density at radius 1 is 0.875 bits per heavy atom. The molecule has 1 heterocycles. The minimum absolute atomic E-state index is 0.0610. The van der Waals surface area contributed by atoms with Gasteiger partial charge in [0.1, 0.15) is 17.2 Å². The lowest BCUT2D eigenvalue weighted by molar-refractivity contribution is 0.0928. The zero-order valence-corrected chi connectivity index (χ0v) is 18.9. The first-order valence-electron chi connectivity index (χ1n) is 11.2. The first-order valence-corrected chi connectivity index (χ1v) is 11.2. The highest BCUT2D eigenvalue weighted by atomic mass is 16.2. The average molecular weight is 424 g/mol. The first-order chi connectivity index (χ1) is 15.6. The molecule has 4 aromatic rings. The van der Waals surface area contributed by atoms with Crippen LogP contribution in [0.5, 0.6) is 0 Å². The third-order valence-electron chi connectivity index (χ3n) is 5.89. The van der Waals surface area contributed by atoms with E-state index in [4.69, 9.17) is 4.98 Å². The summed E-state index contributed by atoms with van der Waals surface area (Å²) in [5.74, 6) is 0.658. The molecular formula is C28H29N3O. The third kappa shape index (κ3) is 4.35. The molecule has 1 N–H and O–H groups in total. The van der Waals surface area contributed by atoms with E-state index < -0.39 is 0 Å². The SMILES string of the molecule is CCc1ccc(-c2nc(-c3ccccc3)n(C)c2C(=O)NC(CC)c2ccccc2)cc1. The monoisotopic (exact) mass is 423 g/mol. The number of aryl methyl sites for hydroxylation is 1. The van der Waals surface area contributed by atoms with Crippen molar-refractivity contribution in [2.24, 2.45) is 7.05 Å². The minimum atomic E-state index is -0.118. The van der Waals surface area contributed by atoms with Gasteiger partial charge in [-0.1, -0.05) is 98.8 Å². The van der Waals surface area contributed by atoms with Crippen LogP contribution in [0, 0.1) is 0 Å². The zero-order chi connectivity index (χ0) is 22.5. The number of imidazole rings is 1. The molecule has 162 valence electrons. The Bertz CT molecular complexity index is 1180. The summed E-state index contributed by atoms with van der Waals surface area (Å²) in [5, 5.41) is 3.24. The molecular weight excluding hydrogens is 394 g/mol. The van der Waals surface area contributed by atoms with Crippen molar-refractivity contribution in [3.63, 3.8) is 0 Å². The minimum Gasteiger partial charge on any atom is -0.344 e. The second-order valence-electron chi connectivity index (χ2n) is 7.95. The lowest BCUT2D eigenvalue weighted by atomic mass is 10.0. The van der Waals surface area contributed by atoms with Crippen molar-refractivity contribution in [2.45, 2.75) is 32.7 Å². The van der Waals surface area contributed by atoms with E-state index in [1.807, 2.05) is 60.1 Å². The quantitative estimate of drug-likeness (QED) is 0.385. The largest absolute Gasteiger partial charge is 0.344 e. The molecule has 1 unspecified atom stereocenters. The lowest BCUT2D eigenvalue weighted by Gasteiger charge is -2.18. The Morgan fingerprint density at radius 2 is 1.50 bits per heavy atom. The molecule has 4 heteroatoms. The number of rotatable bonds is 7. The summed E-state index contributed by atoms with van der Waals surface area (Å²) in [6.45, 7) is 4.22. The maximum absolute atomic E-state index is 13.6. The van der Waals surface area contributed by atoms with Gasteiger partial charge < -0.3 is 9.88 Å². The van der Waals surface area contributed by atoms with Gasteiger partial charge in [-0.25, -0.2) is 4.98 Å². The molecule has 1 aromatic heterocycles. The van der Waals surface area contributed by atoms with Gasteiger partial charge in [-0.2, -0.15) is 0 Å². The number of nitrogens with zero attached hydrogens (tertiary/aromatic N) is 2. The molecule has 4 nitrogen and oxygen atoms in total. The Balaban J connectivity index is 1.78. The van der Waals surface area contributed by atoms with Gasteiger partial charge in [0, 0.05) is 18.2 Å². The van der Waals surface area contributed by atoms with Crippen LogP contribution in [-0.4, -0.2) is 15.5 Å². The molecule has 32 heavy (non-hydrogen) atoms. The summed E-state index contributed by atoms with van der Waals surface area (Å²) >= 11 is 0. The molecule has 3 aromatic carbocycles. The van der Waals surface area contributed by atoms with E-state index in [0.29, 0.717) is 11.4 Å². The van der Waals surface area contributed by atoms with Crippen molar-refractivity contribution in [3.8, 4) is 22.6 Å². The van der Waals surface area contributed by atoms with Crippen molar-refractivity contribution < 1.29 is 4.79 Å². The molecule has 0 saturated heterocycles. The number of hydrogen-bond acceptors (Lipinski definition) is 2. The normalized spacial score (nSPS) is 11.8.